The highest BCUT2D eigenvalue weighted by molar-refractivity contribution is 6.49. The number of anilines is 2. The van der Waals surface area contributed by atoms with Crippen LogP contribution in [0.15, 0.2) is 48.5 Å². The van der Waals surface area contributed by atoms with Gasteiger partial charge in [-0.25, -0.2) is 0 Å². The van der Waals surface area contributed by atoms with Crippen molar-refractivity contribution in [1.82, 2.24) is 0 Å². The van der Waals surface area contributed by atoms with Gasteiger partial charge in [0.15, 0.2) is 0 Å². The topological polar surface area (TPSA) is 49.6 Å². The van der Waals surface area contributed by atoms with Crippen molar-refractivity contribution < 1.29 is 4.92 Å². The van der Waals surface area contributed by atoms with Crippen LogP contribution in [0.2, 0.25) is 0 Å². The Morgan fingerprint density at radius 3 is 2.67 bits per heavy atom. The van der Waals surface area contributed by atoms with Gasteiger partial charge in [-0.15, -0.1) is 0 Å². The van der Waals surface area contributed by atoms with E-state index in [-0.39, 0.29) is 10.6 Å². The van der Waals surface area contributed by atoms with Gasteiger partial charge in [0.25, 0.3) is 5.69 Å². The van der Waals surface area contributed by atoms with Crippen molar-refractivity contribution in [2.24, 2.45) is 0 Å². The van der Waals surface area contributed by atoms with Gasteiger partial charge in [0.2, 0.25) is 0 Å². The maximum absolute atomic E-state index is 10.7. The second-order valence-corrected chi connectivity index (χ2v) is 5.44. The second kappa shape index (κ2) is 4.51. The molecule has 21 heavy (non-hydrogen) atoms. The number of hydrogen-bond donors (Lipinski definition) is 0. The van der Waals surface area contributed by atoms with Crippen LogP contribution in [0.3, 0.4) is 0 Å². The van der Waals surface area contributed by atoms with Crippen LogP contribution in [0, 0.1) is 10.1 Å². The van der Waals surface area contributed by atoms with Crippen LogP contribution < -0.4 is 9.62 Å². The number of hydrogen-bond acceptors (Lipinski definition) is 4. The fourth-order valence-corrected chi connectivity index (χ4v) is 3.16. The van der Waals surface area contributed by atoms with Crippen LogP contribution in [0.5, 0.6) is 0 Å². The molecule has 2 aliphatic heterocycles. The van der Waals surface area contributed by atoms with Crippen LogP contribution in [-0.2, 0) is 6.42 Å². The zero-order valence-corrected chi connectivity index (χ0v) is 11.3. The van der Waals surface area contributed by atoms with Gasteiger partial charge in [-0.05, 0) is 30.2 Å². The molecule has 0 bridgehead atoms. The smallest absolute Gasteiger partial charge is 0.391 e. The van der Waals surface area contributed by atoms with Crippen molar-refractivity contribution in [3.8, 4) is 0 Å². The molecule has 0 amide bonds. The molecular weight excluding hydrogens is 265 g/mol. The summed E-state index contributed by atoms with van der Waals surface area (Å²) in [7, 11) is 2.11. The third kappa shape index (κ3) is 1.95. The molecule has 103 valence electrons. The summed E-state index contributed by atoms with van der Waals surface area (Å²) in [6.45, 7) is 0.909. The van der Waals surface area contributed by atoms with Crippen molar-refractivity contribution in [2.45, 2.75) is 12.5 Å². The number of para-hydroxylation sites is 1. The standard InChI is InChI=1S/C15H13BN3O2/c20-19(21)13-7-5-12(6-8-13)17-10-14-9-11-3-1-2-4-15(11)18(14)16-17/h1-8,14H,9-10H2/t14-/m0/s1. The summed E-state index contributed by atoms with van der Waals surface area (Å²) in [6, 6.07) is 15.6. The first kappa shape index (κ1) is 12.3. The van der Waals surface area contributed by atoms with E-state index in [0.29, 0.717) is 6.04 Å². The Balaban J connectivity index is 1.57. The maximum Gasteiger partial charge on any atom is 0.391 e. The summed E-state index contributed by atoms with van der Waals surface area (Å²) in [5.41, 5.74) is 3.78. The predicted octanol–water partition coefficient (Wildman–Crippen LogP) is 2.38. The Hall–Kier alpha value is -2.50. The zero-order chi connectivity index (χ0) is 14.4. The van der Waals surface area contributed by atoms with Gasteiger partial charge in [-0.2, -0.15) is 0 Å². The molecule has 1 saturated heterocycles. The zero-order valence-electron chi connectivity index (χ0n) is 11.3. The van der Waals surface area contributed by atoms with Gasteiger partial charge in [0, 0.05) is 36.1 Å². The molecule has 0 spiro atoms. The highest BCUT2D eigenvalue weighted by Crippen LogP contribution is 2.36. The molecule has 0 aliphatic carbocycles. The van der Waals surface area contributed by atoms with Gasteiger partial charge in [0.05, 0.1) is 4.92 Å². The average molecular weight is 278 g/mol. The minimum Gasteiger partial charge on any atom is -0.397 e. The lowest BCUT2D eigenvalue weighted by molar-refractivity contribution is -0.384. The van der Waals surface area contributed by atoms with E-state index in [9.17, 15) is 10.1 Å². The fraction of sp³-hybridized carbons (Fsp3) is 0.200. The summed E-state index contributed by atoms with van der Waals surface area (Å²) < 4.78 is 0. The van der Waals surface area contributed by atoms with Crippen molar-refractivity contribution in [3.63, 3.8) is 0 Å². The number of rotatable bonds is 2. The maximum atomic E-state index is 10.7. The highest BCUT2D eigenvalue weighted by Gasteiger charge is 2.38. The largest absolute Gasteiger partial charge is 0.397 e. The molecule has 2 heterocycles. The minimum absolute atomic E-state index is 0.129. The molecule has 2 aromatic rings. The molecule has 0 N–H and O–H groups in total. The first-order valence-corrected chi connectivity index (χ1v) is 6.95. The lowest BCUT2D eigenvalue weighted by Gasteiger charge is -2.18. The van der Waals surface area contributed by atoms with E-state index in [1.807, 2.05) is 12.1 Å². The predicted molar refractivity (Wildman–Crippen MR) is 82.6 cm³/mol. The van der Waals surface area contributed by atoms with Crippen LogP contribution in [0.1, 0.15) is 5.56 Å². The Morgan fingerprint density at radius 1 is 1.14 bits per heavy atom. The summed E-state index contributed by atoms with van der Waals surface area (Å²) in [5.74, 6) is 0. The lowest BCUT2D eigenvalue weighted by Crippen LogP contribution is -2.30. The lowest BCUT2D eigenvalue weighted by atomic mass is 10.0. The van der Waals surface area contributed by atoms with E-state index in [4.69, 9.17) is 0 Å². The summed E-state index contributed by atoms with van der Waals surface area (Å²) in [6.07, 6.45) is 1.05. The van der Waals surface area contributed by atoms with E-state index in [1.165, 1.54) is 11.3 Å². The van der Waals surface area contributed by atoms with Gasteiger partial charge >= 0.3 is 7.55 Å². The van der Waals surface area contributed by atoms with Crippen molar-refractivity contribution in [1.29, 1.82) is 0 Å². The molecule has 4 rings (SSSR count). The molecule has 1 atom stereocenters. The van der Waals surface area contributed by atoms with E-state index in [2.05, 4.69) is 41.4 Å². The third-order valence-electron chi connectivity index (χ3n) is 4.18. The number of nitrogens with zero attached hydrogens (tertiary/aromatic N) is 3. The molecule has 0 aromatic heterocycles. The summed E-state index contributed by atoms with van der Waals surface area (Å²) in [4.78, 5) is 14.8. The van der Waals surface area contributed by atoms with Crippen molar-refractivity contribution in [2.75, 3.05) is 16.2 Å². The van der Waals surface area contributed by atoms with Gasteiger partial charge in [-0.1, -0.05) is 18.2 Å². The molecule has 2 aliphatic rings. The Kier molecular flexibility index (Phi) is 2.64. The van der Waals surface area contributed by atoms with Crippen LogP contribution in [0.25, 0.3) is 0 Å². The SMILES string of the molecule is O=[N+]([O-])c1ccc(N2[B]N3c4ccccc4C[C@H]3C2)cc1. The quantitative estimate of drug-likeness (QED) is 0.481. The summed E-state index contributed by atoms with van der Waals surface area (Å²) in [5, 5.41) is 10.7. The van der Waals surface area contributed by atoms with E-state index < -0.39 is 0 Å². The number of nitro groups is 1. The first-order chi connectivity index (χ1) is 10.2. The van der Waals surface area contributed by atoms with Crippen LogP contribution in [-0.4, -0.2) is 25.1 Å². The van der Waals surface area contributed by atoms with E-state index >= 15 is 0 Å². The van der Waals surface area contributed by atoms with Gasteiger partial charge in [0.1, 0.15) is 0 Å². The fourth-order valence-electron chi connectivity index (χ4n) is 3.16. The monoisotopic (exact) mass is 278 g/mol. The Labute approximate surface area is 123 Å². The molecule has 0 saturated carbocycles. The van der Waals surface area contributed by atoms with Gasteiger partial charge in [-0.3, -0.25) is 10.1 Å². The van der Waals surface area contributed by atoms with Crippen molar-refractivity contribution >= 4 is 24.6 Å². The average Bonchev–Trinajstić information content (AvgIpc) is 3.05. The van der Waals surface area contributed by atoms with Gasteiger partial charge < -0.3 is 9.62 Å². The third-order valence-corrected chi connectivity index (χ3v) is 4.18. The minimum atomic E-state index is -0.369. The normalized spacial score (nSPS) is 19.1. The number of fused-ring (bicyclic) bond motifs is 3. The number of benzene rings is 2. The Bertz CT molecular complexity index is 704. The molecule has 5 nitrogen and oxygen atoms in total. The van der Waals surface area contributed by atoms with Crippen molar-refractivity contribution in [3.05, 3.63) is 64.2 Å². The van der Waals surface area contributed by atoms with Crippen LogP contribution in [0.4, 0.5) is 17.1 Å². The van der Waals surface area contributed by atoms with Crippen LogP contribution >= 0.6 is 0 Å². The van der Waals surface area contributed by atoms with E-state index in [1.54, 1.807) is 12.1 Å². The molecule has 6 heteroatoms. The molecule has 0 unspecified atom stereocenters. The Morgan fingerprint density at radius 2 is 1.90 bits per heavy atom. The molecule has 2 aromatic carbocycles. The highest BCUT2D eigenvalue weighted by atomic mass is 16.6. The van der Waals surface area contributed by atoms with E-state index in [0.717, 1.165) is 18.7 Å². The number of non-ortho nitro benzene ring substituents is 1. The second-order valence-electron chi connectivity index (χ2n) is 5.44. The molecule has 1 radical (unpaired) electrons. The molecule has 1 fully saturated rings. The summed E-state index contributed by atoms with van der Waals surface area (Å²) >= 11 is 0. The number of nitro benzene ring substituents is 1. The molecular formula is C15H13BN3O2. The first-order valence-electron chi connectivity index (χ1n) is 6.95.